The van der Waals surface area contributed by atoms with Crippen LogP contribution < -0.4 is 10.1 Å². The van der Waals surface area contributed by atoms with E-state index < -0.39 is 11.9 Å². The lowest BCUT2D eigenvalue weighted by atomic mass is 10.1. The average Bonchev–Trinajstić information content (AvgIpc) is 3.08. The minimum atomic E-state index is -0.514. The van der Waals surface area contributed by atoms with Gasteiger partial charge in [-0.3, -0.25) is 24.1 Å². The van der Waals surface area contributed by atoms with Crippen molar-refractivity contribution in [1.82, 2.24) is 4.90 Å². The Labute approximate surface area is 201 Å². The van der Waals surface area contributed by atoms with Gasteiger partial charge in [-0.2, -0.15) is 0 Å². The van der Waals surface area contributed by atoms with Crippen molar-refractivity contribution in [3.05, 3.63) is 69.7 Å². The number of imide groups is 1. The fraction of sp³-hybridized carbons (Fsp3) is 0.250. The molecule has 0 bridgehead atoms. The summed E-state index contributed by atoms with van der Waals surface area (Å²) in [6.45, 7) is 2.19. The predicted octanol–water partition coefficient (Wildman–Crippen LogP) is 4.94. The van der Waals surface area contributed by atoms with Gasteiger partial charge in [0.2, 0.25) is 0 Å². The number of anilines is 1. The molecule has 0 atom stereocenters. The van der Waals surface area contributed by atoms with Gasteiger partial charge in [0.05, 0.1) is 16.3 Å². The van der Waals surface area contributed by atoms with Crippen molar-refractivity contribution in [3.63, 3.8) is 0 Å². The first kappa shape index (κ1) is 24.5. The van der Waals surface area contributed by atoms with Gasteiger partial charge in [0, 0.05) is 30.1 Å². The first-order valence-electron chi connectivity index (χ1n) is 10.4. The molecule has 0 unspecified atom stereocenters. The number of amides is 3. The highest BCUT2D eigenvalue weighted by atomic mass is 35.5. The lowest BCUT2D eigenvalue weighted by Crippen LogP contribution is -2.30. The predicted molar refractivity (Wildman–Crippen MR) is 126 cm³/mol. The van der Waals surface area contributed by atoms with Crippen molar-refractivity contribution in [2.75, 3.05) is 11.9 Å². The van der Waals surface area contributed by atoms with Gasteiger partial charge < -0.3 is 10.1 Å². The minimum absolute atomic E-state index is 0.0875. The molecule has 0 radical (unpaired) electrons. The fourth-order valence-electron chi connectivity index (χ4n) is 3.22. The minimum Gasteiger partial charge on any atom is -0.426 e. The summed E-state index contributed by atoms with van der Waals surface area (Å²) < 4.78 is 5.40. The average molecular weight is 489 g/mol. The third kappa shape index (κ3) is 6.66. The van der Waals surface area contributed by atoms with E-state index in [9.17, 15) is 19.2 Å². The van der Waals surface area contributed by atoms with Crippen LogP contribution in [0.1, 0.15) is 41.6 Å². The number of aryl methyl sites for hydroxylation is 1. The van der Waals surface area contributed by atoms with Crippen LogP contribution in [0.3, 0.4) is 0 Å². The number of hydrogen-bond donors (Lipinski definition) is 1. The number of unbranched alkanes of at least 4 members (excludes halogenated alkanes) is 2. The molecule has 0 saturated heterocycles. The number of carbonyl (C=O) groups is 4. The highest BCUT2D eigenvalue weighted by molar-refractivity contribution is 6.34. The number of benzene rings is 2. The number of esters is 1. The third-order valence-electron chi connectivity index (χ3n) is 4.95. The second-order valence-corrected chi connectivity index (χ2v) is 8.37. The van der Waals surface area contributed by atoms with Crippen LogP contribution in [0.15, 0.2) is 48.6 Å². The number of nitrogens with zero attached hydrogens (tertiary/aromatic N) is 1. The molecule has 0 saturated carbocycles. The summed E-state index contributed by atoms with van der Waals surface area (Å²) in [5.74, 6) is -1.57. The molecule has 3 amide bonds. The van der Waals surface area contributed by atoms with Crippen LogP contribution in [0.25, 0.3) is 0 Å². The molecule has 1 aliphatic rings. The third-order valence-corrected chi connectivity index (χ3v) is 5.49. The molecular weight excluding hydrogens is 467 g/mol. The Morgan fingerprint density at radius 1 is 0.970 bits per heavy atom. The summed E-state index contributed by atoms with van der Waals surface area (Å²) in [6.07, 6.45) is 4.33. The van der Waals surface area contributed by atoms with Crippen molar-refractivity contribution in [3.8, 4) is 5.75 Å². The van der Waals surface area contributed by atoms with Crippen LogP contribution in [0.2, 0.25) is 10.0 Å². The second kappa shape index (κ2) is 11.1. The molecule has 7 nitrogen and oxygen atoms in total. The Morgan fingerprint density at radius 3 is 2.39 bits per heavy atom. The fourth-order valence-corrected chi connectivity index (χ4v) is 3.68. The molecule has 1 aliphatic heterocycles. The summed E-state index contributed by atoms with van der Waals surface area (Å²) in [5.41, 5.74) is 1.48. The summed E-state index contributed by atoms with van der Waals surface area (Å²) in [5, 5.41) is 3.40. The molecule has 2 aromatic carbocycles. The van der Waals surface area contributed by atoms with Gasteiger partial charge in [0.1, 0.15) is 5.75 Å². The summed E-state index contributed by atoms with van der Waals surface area (Å²) in [4.78, 5) is 49.3. The second-order valence-electron chi connectivity index (χ2n) is 7.52. The van der Waals surface area contributed by atoms with E-state index in [1.165, 1.54) is 30.4 Å². The molecule has 9 heteroatoms. The highest BCUT2D eigenvalue weighted by Crippen LogP contribution is 2.27. The largest absolute Gasteiger partial charge is 0.426 e. The van der Waals surface area contributed by atoms with Crippen LogP contribution >= 0.6 is 23.2 Å². The zero-order chi connectivity index (χ0) is 24.0. The lowest BCUT2D eigenvalue weighted by Gasteiger charge is -2.13. The topological polar surface area (TPSA) is 92.8 Å². The van der Waals surface area contributed by atoms with Gasteiger partial charge in [-0.05, 0) is 55.7 Å². The quantitative estimate of drug-likeness (QED) is 0.233. The van der Waals surface area contributed by atoms with Crippen LogP contribution in [-0.4, -0.2) is 35.1 Å². The van der Waals surface area contributed by atoms with Gasteiger partial charge in [-0.15, -0.1) is 0 Å². The lowest BCUT2D eigenvalue weighted by molar-refractivity contribution is -0.137. The normalized spacial score (nSPS) is 12.9. The van der Waals surface area contributed by atoms with E-state index in [4.69, 9.17) is 27.9 Å². The Bertz CT molecular complexity index is 1110. The van der Waals surface area contributed by atoms with Crippen molar-refractivity contribution in [2.45, 2.75) is 32.6 Å². The Balaban J connectivity index is 1.54. The first-order chi connectivity index (χ1) is 15.7. The van der Waals surface area contributed by atoms with Crippen LogP contribution in [-0.2, 0) is 14.4 Å². The smallest absolute Gasteiger partial charge is 0.311 e. The maximum absolute atomic E-state index is 12.8. The van der Waals surface area contributed by atoms with Crippen molar-refractivity contribution < 1.29 is 23.9 Å². The van der Waals surface area contributed by atoms with E-state index in [-0.39, 0.29) is 29.5 Å². The summed E-state index contributed by atoms with van der Waals surface area (Å²) >= 11 is 12.2. The maximum atomic E-state index is 12.8. The molecule has 2 aromatic rings. The molecule has 3 rings (SSSR count). The number of ether oxygens (including phenoxy) is 1. The van der Waals surface area contributed by atoms with Gasteiger partial charge in [0.25, 0.3) is 17.7 Å². The van der Waals surface area contributed by atoms with Crippen LogP contribution in [0.5, 0.6) is 5.75 Å². The molecule has 1 heterocycles. The van der Waals surface area contributed by atoms with Gasteiger partial charge in [0.15, 0.2) is 0 Å². The van der Waals surface area contributed by atoms with Gasteiger partial charge in [-0.1, -0.05) is 35.7 Å². The molecular formula is C24H22Cl2N2O5. The molecule has 0 aromatic heterocycles. The number of nitrogens with one attached hydrogen (secondary N) is 1. The Hall–Kier alpha value is -3.16. The van der Waals surface area contributed by atoms with Crippen LogP contribution in [0, 0.1) is 6.92 Å². The molecule has 33 heavy (non-hydrogen) atoms. The van der Waals surface area contributed by atoms with Crippen molar-refractivity contribution in [2.24, 2.45) is 0 Å². The van der Waals surface area contributed by atoms with E-state index in [1.807, 2.05) is 13.0 Å². The summed E-state index contributed by atoms with van der Waals surface area (Å²) in [6, 6.07) is 9.63. The zero-order valence-corrected chi connectivity index (χ0v) is 19.4. The standard InChI is InChI=1S/C24H22Cl2N2O5/c1-15-6-8-19(18(26)13-15)27-24(32)17-14-16(25)7-9-20(17)33-23(31)5-3-2-4-12-28-21(29)10-11-22(28)30/h6-11,13-14H,2-5,12H2,1H3,(H,27,32). The Kier molecular flexibility index (Phi) is 8.25. The van der Waals surface area contributed by atoms with E-state index >= 15 is 0 Å². The molecule has 172 valence electrons. The zero-order valence-electron chi connectivity index (χ0n) is 17.9. The SMILES string of the molecule is Cc1ccc(NC(=O)c2cc(Cl)ccc2OC(=O)CCCCCN2C(=O)C=CC2=O)c(Cl)c1. The number of halogens is 2. The van der Waals surface area contributed by atoms with Crippen LogP contribution in [0.4, 0.5) is 5.69 Å². The van der Waals surface area contributed by atoms with E-state index in [2.05, 4.69) is 5.32 Å². The van der Waals surface area contributed by atoms with E-state index in [1.54, 1.807) is 12.1 Å². The van der Waals surface area contributed by atoms with E-state index in [0.717, 1.165) is 10.5 Å². The van der Waals surface area contributed by atoms with Crippen molar-refractivity contribution in [1.29, 1.82) is 0 Å². The molecule has 0 spiro atoms. The first-order valence-corrected chi connectivity index (χ1v) is 11.1. The highest BCUT2D eigenvalue weighted by Gasteiger charge is 2.22. The molecule has 0 fully saturated rings. The number of carbonyl (C=O) groups excluding carboxylic acids is 4. The number of hydrogen-bond acceptors (Lipinski definition) is 5. The maximum Gasteiger partial charge on any atom is 0.311 e. The van der Waals surface area contributed by atoms with Gasteiger partial charge in [-0.25, -0.2) is 0 Å². The van der Waals surface area contributed by atoms with Gasteiger partial charge >= 0.3 is 5.97 Å². The number of rotatable bonds is 9. The van der Waals surface area contributed by atoms with E-state index in [0.29, 0.717) is 41.5 Å². The Morgan fingerprint density at radius 2 is 1.70 bits per heavy atom. The van der Waals surface area contributed by atoms with Crippen molar-refractivity contribution >= 4 is 52.6 Å². The molecule has 1 N–H and O–H groups in total. The molecule has 0 aliphatic carbocycles. The summed E-state index contributed by atoms with van der Waals surface area (Å²) in [7, 11) is 0. The monoisotopic (exact) mass is 488 g/mol.